The van der Waals surface area contributed by atoms with Crippen LogP contribution in [0.25, 0.3) is 84.5 Å². The highest BCUT2D eigenvalue weighted by Gasteiger charge is 2.21. The summed E-state index contributed by atoms with van der Waals surface area (Å²) in [6.45, 7) is 0. The first-order valence-corrected chi connectivity index (χ1v) is 20.3. The molecule has 2 heterocycles. The summed E-state index contributed by atoms with van der Waals surface area (Å²) in [7, 11) is 0. The molecule has 1 nitrogen and oxygen atoms in total. The van der Waals surface area contributed by atoms with Crippen LogP contribution in [0.4, 0.5) is 17.1 Å². The standard InChI is InChI=1S/C52H33NS2/c1-2-12-36(13-3-1)42-31-32-47(52-50(42)46-16-7-9-20-49(46)55-52)53(40-27-23-35(24-28-40)39-22-21-34-11-4-5-14-38(34)33-39)41-29-25-37(26-30-41)43-17-10-18-45-44-15-6-8-19-48(44)54-51(43)45/h1-33H. The number of anilines is 3. The zero-order valence-electron chi connectivity index (χ0n) is 29.8. The van der Waals surface area contributed by atoms with E-state index >= 15 is 0 Å². The first-order chi connectivity index (χ1) is 27.3. The first-order valence-electron chi connectivity index (χ1n) is 18.7. The minimum Gasteiger partial charge on any atom is -0.309 e. The summed E-state index contributed by atoms with van der Waals surface area (Å²) in [5, 5.41) is 7.75. The van der Waals surface area contributed by atoms with E-state index in [1.54, 1.807) is 0 Å². The molecule has 0 unspecified atom stereocenters. The Hall–Kier alpha value is -6.52. The van der Waals surface area contributed by atoms with Crippen molar-refractivity contribution in [1.82, 2.24) is 0 Å². The lowest BCUT2D eigenvalue weighted by Crippen LogP contribution is -2.10. The SMILES string of the molecule is c1ccc(-c2ccc(N(c3ccc(-c4ccc5ccccc5c4)cc3)c3ccc(-c4cccc5c4sc4ccccc45)cc3)c3sc4ccccc4c23)cc1. The fourth-order valence-electron chi connectivity index (χ4n) is 8.21. The van der Waals surface area contributed by atoms with Crippen LogP contribution < -0.4 is 4.90 Å². The van der Waals surface area contributed by atoms with Crippen LogP contribution in [0.1, 0.15) is 0 Å². The van der Waals surface area contributed by atoms with Crippen LogP contribution in [0.5, 0.6) is 0 Å². The summed E-state index contributed by atoms with van der Waals surface area (Å²) >= 11 is 3.76. The third-order valence-electron chi connectivity index (χ3n) is 10.9. The van der Waals surface area contributed by atoms with Crippen molar-refractivity contribution < 1.29 is 0 Å². The van der Waals surface area contributed by atoms with Crippen molar-refractivity contribution in [2.45, 2.75) is 0 Å². The van der Waals surface area contributed by atoms with Gasteiger partial charge in [0.2, 0.25) is 0 Å². The Morgan fingerprint density at radius 2 is 0.909 bits per heavy atom. The number of rotatable bonds is 6. The third-order valence-corrected chi connectivity index (χ3v) is 13.3. The van der Waals surface area contributed by atoms with Crippen molar-refractivity contribution >= 4 is 90.9 Å². The molecule has 0 aliphatic carbocycles. The Morgan fingerprint density at radius 3 is 1.69 bits per heavy atom. The lowest BCUT2D eigenvalue weighted by atomic mass is 9.98. The maximum atomic E-state index is 2.44. The van der Waals surface area contributed by atoms with E-state index in [1.807, 2.05) is 22.7 Å². The van der Waals surface area contributed by atoms with Crippen molar-refractivity contribution in [3.05, 3.63) is 200 Å². The molecular formula is C52H33NS2. The largest absolute Gasteiger partial charge is 0.309 e. The summed E-state index contributed by atoms with van der Waals surface area (Å²) < 4.78 is 5.23. The Labute approximate surface area is 327 Å². The topological polar surface area (TPSA) is 3.24 Å². The van der Waals surface area contributed by atoms with Gasteiger partial charge in [0.25, 0.3) is 0 Å². The van der Waals surface area contributed by atoms with Crippen LogP contribution in [-0.4, -0.2) is 0 Å². The maximum Gasteiger partial charge on any atom is 0.0640 e. The fourth-order valence-corrected chi connectivity index (χ4v) is 10.7. The summed E-state index contributed by atoms with van der Waals surface area (Å²) in [4.78, 5) is 2.44. The van der Waals surface area contributed by atoms with Gasteiger partial charge in [-0.25, -0.2) is 0 Å². The monoisotopic (exact) mass is 735 g/mol. The van der Waals surface area contributed by atoms with Gasteiger partial charge in [-0.2, -0.15) is 0 Å². The number of fused-ring (bicyclic) bond motifs is 7. The number of hydrogen-bond donors (Lipinski definition) is 0. The normalized spacial score (nSPS) is 11.6. The molecular weight excluding hydrogens is 703 g/mol. The van der Waals surface area contributed by atoms with Crippen molar-refractivity contribution in [3.8, 4) is 33.4 Å². The average molecular weight is 736 g/mol. The molecule has 55 heavy (non-hydrogen) atoms. The number of nitrogens with zero attached hydrogens (tertiary/aromatic N) is 1. The Bertz CT molecular complexity index is 3190. The molecule has 9 aromatic carbocycles. The second-order valence-corrected chi connectivity index (χ2v) is 16.2. The highest BCUT2D eigenvalue weighted by molar-refractivity contribution is 7.26. The third kappa shape index (κ3) is 5.43. The summed E-state index contributed by atoms with van der Waals surface area (Å²) in [6.07, 6.45) is 0. The summed E-state index contributed by atoms with van der Waals surface area (Å²) in [5.74, 6) is 0. The fraction of sp³-hybridized carbons (Fsp3) is 0. The molecule has 0 saturated heterocycles. The highest BCUT2D eigenvalue weighted by atomic mass is 32.1. The molecule has 258 valence electrons. The van der Waals surface area contributed by atoms with Gasteiger partial charge in [-0.15, -0.1) is 22.7 Å². The van der Waals surface area contributed by atoms with E-state index in [9.17, 15) is 0 Å². The van der Waals surface area contributed by atoms with Gasteiger partial charge < -0.3 is 4.90 Å². The zero-order chi connectivity index (χ0) is 36.3. The first kappa shape index (κ1) is 32.0. The van der Waals surface area contributed by atoms with Gasteiger partial charge in [0.1, 0.15) is 0 Å². The molecule has 0 radical (unpaired) electrons. The van der Waals surface area contributed by atoms with Crippen LogP contribution in [0.3, 0.4) is 0 Å². The molecule has 11 rings (SSSR count). The molecule has 0 aliphatic heterocycles. The van der Waals surface area contributed by atoms with Crippen LogP contribution in [0.2, 0.25) is 0 Å². The van der Waals surface area contributed by atoms with Crippen molar-refractivity contribution in [3.63, 3.8) is 0 Å². The van der Waals surface area contributed by atoms with Gasteiger partial charge in [0.05, 0.1) is 10.4 Å². The van der Waals surface area contributed by atoms with Crippen LogP contribution in [0, 0.1) is 0 Å². The summed E-state index contributed by atoms with van der Waals surface area (Å²) in [5.41, 5.74) is 10.8. The molecule has 0 spiro atoms. The smallest absolute Gasteiger partial charge is 0.0640 e. The second-order valence-electron chi connectivity index (χ2n) is 14.1. The van der Waals surface area contributed by atoms with E-state index in [-0.39, 0.29) is 0 Å². The van der Waals surface area contributed by atoms with E-state index in [0.29, 0.717) is 0 Å². The molecule has 2 aromatic heterocycles. The van der Waals surface area contributed by atoms with Gasteiger partial charge >= 0.3 is 0 Å². The summed E-state index contributed by atoms with van der Waals surface area (Å²) in [6, 6.07) is 73.3. The number of hydrogen-bond acceptors (Lipinski definition) is 3. The average Bonchev–Trinajstić information content (AvgIpc) is 3.84. The van der Waals surface area contributed by atoms with Crippen molar-refractivity contribution in [2.24, 2.45) is 0 Å². The molecule has 0 amide bonds. The lowest BCUT2D eigenvalue weighted by Gasteiger charge is -2.27. The maximum absolute atomic E-state index is 2.44. The van der Waals surface area contributed by atoms with Crippen LogP contribution in [0.15, 0.2) is 200 Å². The van der Waals surface area contributed by atoms with E-state index in [2.05, 4.69) is 205 Å². The van der Waals surface area contributed by atoms with E-state index < -0.39 is 0 Å². The van der Waals surface area contributed by atoms with E-state index in [0.717, 1.165) is 11.4 Å². The van der Waals surface area contributed by atoms with Gasteiger partial charge in [-0.05, 0) is 92.7 Å². The minimum atomic E-state index is 1.12. The molecule has 11 aromatic rings. The molecule has 3 heteroatoms. The van der Waals surface area contributed by atoms with Crippen LogP contribution >= 0.6 is 22.7 Å². The quantitative estimate of drug-likeness (QED) is 0.164. The Balaban J connectivity index is 1.08. The Kier molecular flexibility index (Phi) is 7.61. The molecule has 0 fully saturated rings. The van der Waals surface area contributed by atoms with Crippen molar-refractivity contribution in [1.29, 1.82) is 0 Å². The van der Waals surface area contributed by atoms with Gasteiger partial charge in [0.15, 0.2) is 0 Å². The van der Waals surface area contributed by atoms with Gasteiger partial charge in [-0.1, -0.05) is 152 Å². The molecule has 0 bridgehead atoms. The predicted molar refractivity (Wildman–Crippen MR) is 241 cm³/mol. The minimum absolute atomic E-state index is 1.12. The lowest BCUT2D eigenvalue weighted by molar-refractivity contribution is 1.30. The number of thiophene rings is 2. The van der Waals surface area contributed by atoms with Gasteiger partial charge in [0, 0.05) is 47.0 Å². The second kappa shape index (κ2) is 13.1. The zero-order valence-corrected chi connectivity index (χ0v) is 31.4. The molecule has 0 saturated carbocycles. The molecule has 0 N–H and O–H groups in total. The molecule has 0 aliphatic rings. The van der Waals surface area contributed by atoms with E-state index in [1.165, 1.54) is 90.2 Å². The van der Waals surface area contributed by atoms with Crippen molar-refractivity contribution in [2.75, 3.05) is 4.90 Å². The predicted octanol–water partition coefficient (Wildman–Crippen LogP) is 16.0. The Morgan fingerprint density at radius 1 is 0.327 bits per heavy atom. The van der Waals surface area contributed by atoms with Gasteiger partial charge in [-0.3, -0.25) is 0 Å². The molecule has 0 atom stereocenters. The van der Waals surface area contributed by atoms with Crippen LogP contribution in [-0.2, 0) is 0 Å². The number of benzene rings is 9. The highest BCUT2D eigenvalue weighted by Crippen LogP contribution is 2.49. The van der Waals surface area contributed by atoms with E-state index in [4.69, 9.17) is 0 Å².